The van der Waals surface area contributed by atoms with E-state index in [1.54, 1.807) is 10.9 Å². The van der Waals surface area contributed by atoms with Gasteiger partial charge in [-0.1, -0.05) is 18.5 Å². The van der Waals surface area contributed by atoms with Gasteiger partial charge in [0.15, 0.2) is 5.78 Å². The molecule has 1 aromatic heterocycles. The molecule has 4 nitrogen and oxygen atoms in total. The Morgan fingerprint density at radius 2 is 2.17 bits per heavy atom. The van der Waals surface area contributed by atoms with Crippen molar-refractivity contribution in [3.8, 4) is 0 Å². The first-order valence-corrected chi connectivity index (χ1v) is 6.72. The fourth-order valence-electron chi connectivity index (χ4n) is 1.69. The molecule has 0 radical (unpaired) electrons. The van der Waals surface area contributed by atoms with Crippen LogP contribution in [-0.4, -0.2) is 27.6 Å². The number of nitrogens with zero attached hydrogens (tertiary/aromatic N) is 2. The minimum absolute atomic E-state index is 0.0216. The molecule has 1 heterocycles. The monoisotopic (exact) mass is 271 g/mol. The average Bonchev–Trinajstić information content (AvgIpc) is 2.58. The van der Waals surface area contributed by atoms with Crippen LogP contribution in [0.25, 0.3) is 0 Å². The molecule has 1 N–H and O–H groups in total. The highest BCUT2D eigenvalue weighted by molar-refractivity contribution is 6.33. The third-order valence-corrected chi connectivity index (χ3v) is 2.78. The van der Waals surface area contributed by atoms with Gasteiger partial charge in [0.05, 0.1) is 11.2 Å². The van der Waals surface area contributed by atoms with Crippen molar-refractivity contribution in [1.29, 1.82) is 0 Å². The van der Waals surface area contributed by atoms with E-state index in [0.29, 0.717) is 23.7 Å². The van der Waals surface area contributed by atoms with Gasteiger partial charge in [-0.15, -0.1) is 0 Å². The molecule has 0 spiro atoms. The molecule has 0 unspecified atom stereocenters. The largest absolute Gasteiger partial charge is 0.312 e. The van der Waals surface area contributed by atoms with Gasteiger partial charge in [0, 0.05) is 25.0 Å². The SMILES string of the molecule is CCCn1ncc(Cl)c1C(=O)CCNC(C)(C)C. The molecule has 1 rings (SSSR count). The van der Waals surface area contributed by atoms with Crippen molar-refractivity contribution in [2.24, 2.45) is 0 Å². The van der Waals surface area contributed by atoms with Crippen LogP contribution in [0.4, 0.5) is 0 Å². The zero-order valence-electron chi connectivity index (χ0n) is 11.6. The number of carbonyl (C=O) groups excluding carboxylic acids is 1. The van der Waals surface area contributed by atoms with E-state index < -0.39 is 0 Å². The number of nitrogens with one attached hydrogen (secondary N) is 1. The van der Waals surface area contributed by atoms with Gasteiger partial charge in [-0.25, -0.2) is 0 Å². The minimum Gasteiger partial charge on any atom is -0.312 e. The fourth-order valence-corrected chi connectivity index (χ4v) is 1.94. The zero-order valence-corrected chi connectivity index (χ0v) is 12.3. The Bertz CT molecular complexity index is 407. The summed E-state index contributed by atoms with van der Waals surface area (Å²) in [6.07, 6.45) is 2.91. The van der Waals surface area contributed by atoms with Gasteiger partial charge in [-0.2, -0.15) is 5.10 Å². The van der Waals surface area contributed by atoms with E-state index in [4.69, 9.17) is 11.6 Å². The molecule has 0 aliphatic heterocycles. The number of Topliss-reactive ketones (excluding diaryl/α,β-unsaturated/α-hetero) is 1. The van der Waals surface area contributed by atoms with Crippen LogP contribution in [0, 0.1) is 0 Å². The Hall–Kier alpha value is -0.870. The third kappa shape index (κ3) is 4.42. The van der Waals surface area contributed by atoms with Crippen molar-refractivity contribution in [1.82, 2.24) is 15.1 Å². The number of aryl methyl sites for hydroxylation is 1. The highest BCUT2D eigenvalue weighted by Crippen LogP contribution is 2.17. The normalized spacial score (nSPS) is 11.8. The lowest BCUT2D eigenvalue weighted by atomic mass is 10.1. The second-order valence-corrected chi connectivity index (χ2v) is 5.82. The number of hydrogen-bond acceptors (Lipinski definition) is 3. The summed E-state index contributed by atoms with van der Waals surface area (Å²) < 4.78 is 1.70. The molecule has 0 aliphatic rings. The van der Waals surface area contributed by atoms with Crippen LogP contribution in [0.3, 0.4) is 0 Å². The lowest BCUT2D eigenvalue weighted by Crippen LogP contribution is -2.37. The van der Waals surface area contributed by atoms with Crippen LogP contribution >= 0.6 is 11.6 Å². The van der Waals surface area contributed by atoms with Crippen LogP contribution in [0.5, 0.6) is 0 Å². The van der Waals surface area contributed by atoms with E-state index in [9.17, 15) is 4.79 Å². The first-order valence-electron chi connectivity index (χ1n) is 6.34. The molecule has 0 fully saturated rings. The van der Waals surface area contributed by atoms with E-state index in [1.165, 1.54) is 0 Å². The van der Waals surface area contributed by atoms with Gasteiger partial charge in [0.2, 0.25) is 0 Å². The maximum Gasteiger partial charge on any atom is 0.183 e. The molecule has 0 atom stereocenters. The number of rotatable bonds is 6. The van der Waals surface area contributed by atoms with Gasteiger partial charge < -0.3 is 5.32 Å². The highest BCUT2D eigenvalue weighted by atomic mass is 35.5. The quantitative estimate of drug-likeness (QED) is 0.810. The predicted octanol–water partition coefficient (Wildman–Crippen LogP) is 2.91. The smallest absolute Gasteiger partial charge is 0.183 e. The van der Waals surface area contributed by atoms with Gasteiger partial charge in [0.25, 0.3) is 0 Å². The molecule has 0 amide bonds. The standard InChI is InChI=1S/C13H22ClN3O/c1-5-8-17-12(10(14)9-16-17)11(18)6-7-15-13(2,3)4/h9,15H,5-8H2,1-4H3. The molecular formula is C13H22ClN3O. The van der Waals surface area contributed by atoms with Gasteiger partial charge in [0.1, 0.15) is 5.69 Å². The first-order chi connectivity index (χ1) is 8.35. The van der Waals surface area contributed by atoms with Crippen molar-refractivity contribution in [3.05, 3.63) is 16.9 Å². The predicted molar refractivity (Wildman–Crippen MR) is 74.2 cm³/mol. The molecule has 0 saturated carbocycles. The van der Waals surface area contributed by atoms with Crippen molar-refractivity contribution in [2.45, 2.75) is 52.6 Å². The Morgan fingerprint density at radius 3 is 2.72 bits per heavy atom. The third-order valence-electron chi connectivity index (χ3n) is 2.50. The van der Waals surface area contributed by atoms with E-state index >= 15 is 0 Å². The maximum absolute atomic E-state index is 12.1. The second kappa shape index (κ2) is 6.34. The highest BCUT2D eigenvalue weighted by Gasteiger charge is 2.17. The summed E-state index contributed by atoms with van der Waals surface area (Å²) in [5.41, 5.74) is 0.558. The summed E-state index contributed by atoms with van der Waals surface area (Å²) in [5.74, 6) is 0.0442. The Morgan fingerprint density at radius 1 is 1.50 bits per heavy atom. The molecule has 18 heavy (non-hydrogen) atoms. The van der Waals surface area contributed by atoms with Crippen molar-refractivity contribution >= 4 is 17.4 Å². The summed E-state index contributed by atoms with van der Waals surface area (Å²) in [5, 5.41) is 7.87. The Labute approximate surface area is 114 Å². The summed E-state index contributed by atoms with van der Waals surface area (Å²) in [7, 11) is 0. The van der Waals surface area contributed by atoms with Crippen LogP contribution < -0.4 is 5.32 Å². The Balaban J connectivity index is 2.63. The van der Waals surface area contributed by atoms with Crippen molar-refractivity contribution in [2.75, 3.05) is 6.54 Å². The van der Waals surface area contributed by atoms with E-state index in [2.05, 4.69) is 31.2 Å². The molecule has 0 aromatic carbocycles. The van der Waals surface area contributed by atoms with Gasteiger partial charge in [-0.3, -0.25) is 9.48 Å². The maximum atomic E-state index is 12.1. The first kappa shape index (κ1) is 15.2. The number of aromatic nitrogens is 2. The molecule has 102 valence electrons. The average molecular weight is 272 g/mol. The second-order valence-electron chi connectivity index (χ2n) is 5.41. The van der Waals surface area contributed by atoms with Crippen LogP contribution in [0.15, 0.2) is 6.20 Å². The molecule has 1 aromatic rings. The number of hydrogen-bond donors (Lipinski definition) is 1. The van der Waals surface area contributed by atoms with Crippen molar-refractivity contribution < 1.29 is 4.79 Å². The lowest BCUT2D eigenvalue weighted by molar-refractivity contribution is 0.0970. The molecule has 0 aliphatic carbocycles. The molecular weight excluding hydrogens is 250 g/mol. The van der Waals surface area contributed by atoms with Crippen LogP contribution in [-0.2, 0) is 6.54 Å². The molecule has 0 saturated heterocycles. The van der Waals surface area contributed by atoms with E-state index in [1.807, 2.05) is 6.92 Å². The molecule has 0 bridgehead atoms. The molecule has 5 heteroatoms. The fraction of sp³-hybridized carbons (Fsp3) is 0.692. The van der Waals surface area contributed by atoms with E-state index in [-0.39, 0.29) is 11.3 Å². The van der Waals surface area contributed by atoms with Crippen LogP contribution in [0.1, 0.15) is 51.0 Å². The Kier molecular flexibility index (Phi) is 5.35. The van der Waals surface area contributed by atoms with Crippen LogP contribution in [0.2, 0.25) is 5.02 Å². The lowest BCUT2D eigenvalue weighted by Gasteiger charge is -2.20. The number of carbonyl (C=O) groups is 1. The zero-order chi connectivity index (χ0) is 13.8. The minimum atomic E-state index is 0.0216. The summed E-state index contributed by atoms with van der Waals surface area (Å²) in [6, 6.07) is 0. The number of halogens is 1. The van der Waals surface area contributed by atoms with E-state index in [0.717, 1.165) is 13.0 Å². The van der Waals surface area contributed by atoms with Crippen molar-refractivity contribution in [3.63, 3.8) is 0 Å². The van der Waals surface area contributed by atoms with Gasteiger partial charge in [-0.05, 0) is 27.2 Å². The summed E-state index contributed by atoms with van der Waals surface area (Å²) >= 11 is 6.02. The number of ketones is 1. The van der Waals surface area contributed by atoms with Gasteiger partial charge >= 0.3 is 0 Å². The summed E-state index contributed by atoms with van der Waals surface area (Å²) in [6.45, 7) is 9.64. The summed E-state index contributed by atoms with van der Waals surface area (Å²) in [4.78, 5) is 12.1. The topological polar surface area (TPSA) is 46.9 Å².